The molecule has 194 valence electrons. The number of nitrogens with zero attached hydrogens (tertiary/aromatic N) is 4. The van der Waals surface area contributed by atoms with Gasteiger partial charge in [0.1, 0.15) is 5.56 Å². The lowest BCUT2D eigenvalue weighted by molar-refractivity contribution is -0.129. The summed E-state index contributed by atoms with van der Waals surface area (Å²) in [6.45, 7) is 3.01. The number of likely N-dealkylation sites (N-methyl/N-ethyl adjacent to an activating group) is 1. The Hall–Kier alpha value is -1.94. The van der Waals surface area contributed by atoms with Crippen molar-refractivity contribution in [1.29, 1.82) is 0 Å². The predicted molar refractivity (Wildman–Crippen MR) is 139 cm³/mol. The van der Waals surface area contributed by atoms with Crippen LogP contribution in [0.5, 0.6) is 0 Å². The monoisotopic (exact) mass is 505 g/mol. The maximum atomic E-state index is 13.6. The Morgan fingerprint density at radius 2 is 2.00 bits per heavy atom. The van der Waals surface area contributed by atoms with Crippen molar-refractivity contribution in [3.8, 4) is 0 Å². The van der Waals surface area contributed by atoms with E-state index in [4.69, 9.17) is 22.1 Å². The van der Waals surface area contributed by atoms with Crippen LogP contribution in [0, 0.1) is 5.92 Å². The summed E-state index contributed by atoms with van der Waals surface area (Å²) in [5.74, 6) is 0.264. The molecule has 2 aromatic rings. The summed E-state index contributed by atoms with van der Waals surface area (Å²) < 4.78 is 8.30. The van der Waals surface area contributed by atoms with Gasteiger partial charge in [0.15, 0.2) is 11.5 Å². The Kier molecular flexibility index (Phi) is 8.86. The Bertz CT molecular complexity index is 988. The maximum Gasteiger partial charge on any atom is 0.259 e. The molecule has 0 bridgehead atoms. The molecule has 9 nitrogen and oxygen atoms in total. The predicted octanol–water partition coefficient (Wildman–Crippen LogP) is 3.12. The molecule has 0 radical (unpaired) electrons. The number of nitrogens with two attached hydrogens (primary N) is 1. The highest BCUT2D eigenvalue weighted by atomic mass is 35.5. The number of aromatic nitrogens is 3. The van der Waals surface area contributed by atoms with Crippen molar-refractivity contribution < 1.29 is 9.53 Å². The van der Waals surface area contributed by atoms with E-state index in [1.807, 2.05) is 0 Å². The van der Waals surface area contributed by atoms with Gasteiger partial charge in [-0.15, -0.1) is 5.10 Å². The minimum atomic E-state index is -0.421. The van der Waals surface area contributed by atoms with Gasteiger partial charge in [0.2, 0.25) is 0 Å². The second-order valence-electron chi connectivity index (χ2n) is 10.3. The summed E-state index contributed by atoms with van der Waals surface area (Å²) in [5.41, 5.74) is 6.42. The highest BCUT2D eigenvalue weighted by Crippen LogP contribution is 2.39. The molecule has 2 aromatic heterocycles. The van der Waals surface area contributed by atoms with Gasteiger partial charge in [-0.1, -0.05) is 50.1 Å². The fourth-order valence-corrected chi connectivity index (χ4v) is 5.89. The number of rotatable bonds is 7. The highest BCUT2D eigenvalue weighted by molar-refractivity contribution is 6.30. The maximum absolute atomic E-state index is 13.6. The average Bonchev–Trinajstić information content (AvgIpc) is 3.21. The molecule has 2 fully saturated rings. The van der Waals surface area contributed by atoms with Crippen molar-refractivity contribution in [3.63, 3.8) is 0 Å². The third-order valence-corrected chi connectivity index (χ3v) is 7.78. The van der Waals surface area contributed by atoms with Gasteiger partial charge in [-0.05, 0) is 45.8 Å². The number of nitrogens with one attached hydrogen (secondary N) is 2. The number of nitrogen functional groups attached to an aromatic ring is 1. The number of carbonyl (C=O) groups is 1. The average molecular weight is 506 g/mol. The van der Waals surface area contributed by atoms with Crippen molar-refractivity contribution in [2.24, 2.45) is 5.92 Å². The zero-order valence-electron chi connectivity index (χ0n) is 21.1. The summed E-state index contributed by atoms with van der Waals surface area (Å²) in [6.07, 6.45) is 13.8. The summed E-state index contributed by atoms with van der Waals surface area (Å²) in [7, 11) is 4.12. The van der Waals surface area contributed by atoms with E-state index in [0.717, 1.165) is 32.4 Å². The topological polar surface area (TPSA) is 110 Å². The molecule has 2 unspecified atom stereocenters. The van der Waals surface area contributed by atoms with E-state index >= 15 is 0 Å². The van der Waals surface area contributed by atoms with Crippen LogP contribution in [0.15, 0.2) is 12.4 Å². The second kappa shape index (κ2) is 11.9. The lowest BCUT2D eigenvalue weighted by Gasteiger charge is -2.49. The lowest BCUT2D eigenvalue weighted by atomic mass is 9.72. The van der Waals surface area contributed by atoms with Crippen LogP contribution in [-0.4, -0.2) is 77.4 Å². The molecule has 0 spiro atoms. The molecule has 10 heteroatoms. The van der Waals surface area contributed by atoms with Gasteiger partial charge in [-0.3, -0.25) is 4.79 Å². The Morgan fingerprint density at radius 1 is 1.29 bits per heavy atom. The van der Waals surface area contributed by atoms with Gasteiger partial charge < -0.3 is 26.0 Å². The van der Waals surface area contributed by atoms with E-state index in [9.17, 15) is 4.79 Å². The summed E-state index contributed by atoms with van der Waals surface area (Å²) in [4.78, 5) is 20.1. The number of hydrogen-bond acceptors (Lipinski definition) is 7. The molecule has 1 aliphatic carbocycles. The van der Waals surface area contributed by atoms with Crippen LogP contribution in [0.3, 0.4) is 0 Å². The third kappa shape index (κ3) is 6.07. The van der Waals surface area contributed by atoms with E-state index in [-0.39, 0.29) is 23.3 Å². The van der Waals surface area contributed by atoms with Crippen LogP contribution in [0.4, 0.5) is 5.82 Å². The van der Waals surface area contributed by atoms with Gasteiger partial charge in [-0.2, -0.15) is 0 Å². The van der Waals surface area contributed by atoms with Crippen LogP contribution in [0.1, 0.15) is 68.1 Å². The van der Waals surface area contributed by atoms with E-state index in [1.54, 1.807) is 6.20 Å². The molecule has 2 atom stereocenters. The number of hydrogen-bond donors (Lipinski definition) is 3. The van der Waals surface area contributed by atoms with Gasteiger partial charge in [0, 0.05) is 19.3 Å². The highest BCUT2D eigenvalue weighted by Gasteiger charge is 2.48. The molecular formula is C25H40ClN7O2. The van der Waals surface area contributed by atoms with Gasteiger partial charge >= 0.3 is 0 Å². The molecule has 1 amide bonds. The minimum absolute atomic E-state index is 0.141. The summed E-state index contributed by atoms with van der Waals surface area (Å²) in [6, 6.07) is -0.182. The smallest absolute Gasteiger partial charge is 0.259 e. The fourth-order valence-electron chi connectivity index (χ4n) is 5.75. The van der Waals surface area contributed by atoms with E-state index < -0.39 is 5.60 Å². The van der Waals surface area contributed by atoms with Crippen LogP contribution in [-0.2, 0) is 4.74 Å². The first-order valence-corrected chi connectivity index (χ1v) is 13.4. The first-order valence-electron chi connectivity index (χ1n) is 13.0. The number of amides is 1. The van der Waals surface area contributed by atoms with Crippen molar-refractivity contribution >= 4 is 29.0 Å². The Balaban J connectivity index is 1.63. The first-order chi connectivity index (χ1) is 16.9. The lowest BCUT2D eigenvalue weighted by Crippen LogP contribution is -2.66. The number of ether oxygens (including phenoxy) is 1. The van der Waals surface area contributed by atoms with Crippen molar-refractivity contribution in [2.75, 3.05) is 46.1 Å². The SMILES string of the molecule is CN(C)CCOC1(C2CCCCCCCC2)CCNCC1NC(=O)c1c(N)nn2cc(Cl)cnc12. The van der Waals surface area contributed by atoms with Crippen LogP contribution < -0.4 is 16.4 Å². The zero-order valence-corrected chi connectivity index (χ0v) is 21.8. The Morgan fingerprint density at radius 3 is 2.71 bits per heavy atom. The van der Waals surface area contributed by atoms with E-state index in [2.05, 4.69) is 39.7 Å². The summed E-state index contributed by atoms with van der Waals surface area (Å²) in [5, 5.41) is 11.5. The van der Waals surface area contributed by atoms with E-state index in [1.165, 1.54) is 49.2 Å². The van der Waals surface area contributed by atoms with Crippen LogP contribution >= 0.6 is 11.6 Å². The van der Waals surface area contributed by atoms with E-state index in [0.29, 0.717) is 29.7 Å². The molecule has 2 aliphatic rings. The van der Waals surface area contributed by atoms with Gasteiger partial charge in [-0.25, -0.2) is 9.50 Å². The number of carbonyl (C=O) groups excluding carboxylic acids is 1. The normalized spacial score (nSPS) is 24.7. The quantitative estimate of drug-likeness (QED) is 0.530. The number of halogens is 1. The van der Waals surface area contributed by atoms with Gasteiger partial charge in [0.05, 0.1) is 29.5 Å². The molecule has 1 saturated carbocycles. The van der Waals surface area contributed by atoms with Crippen molar-refractivity contribution in [3.05, 3.63) is 23.0 Å². The largest absolute Gasteiger partial charge is 0.381 e. The molecule has 0 aromatic carbocycles. The number of anilines is 1. The molecular weight excluding hydrogens is 466 g/mol. The first kappa shape index (κ1) is 26.1. The number of fused-ring (bicyclic) bond motifs is 1. The number of piperidine rings is 1. The Labute approximate surface area is 213 Å². The second-order valence-corrected chi connectivity index (χ2v) is 10.7. The summed E-state index contributed by atoms with van der Waals surface area (Å²) >= 11 is 6.05. The van der Waals surface area contributed by atoms with Crippen molar-refractivity contribution in [2.45, 2.75) is 69.4 Å². The van der Waals surface area contributed by atoms with Crippen LogP contribution in [0.25, 0.3) is 5.65 Å². The van der Waals surface area contributed by atoms with Crippen molar-refractivity contribution in [1.82, 2.24) is 30.1 Å². The molecule has 3 heterocycles. The molecule has 4 N–H and O–H groups in total. The molecule has 4 rings (SSSR count). The zero-order chi connectivity index (χ0) is 24.8. The standard InChI is InChI=1S/C25H40ClN7O2/c1-32(2)13-14-35-25(18-9-7-5-3-4-6-8-10-18)11-12-28-16-20(25)30-24(34)21-22(27)31-33-17-19(26)15-29-23(21)33/h15,17-18,20,28H,3-14,16H2,1-2H3,(H2,27,31)(H,30,34). The molecule has 1 aliphatic heterocycles. The molecule has 35 heavy (non-hydrogen) atoms. The fraction of sp³-hybridized carbons (Fsp3) is 0.720. The van der Waals surface area contributed by atoms with Gasteiger partial charge in [0.25, 0.3) is 5.91 Å². The molecule has 1 saturated heterocycles. The minimum Gasteiger partial charge on any atom is -0.381 e. The third-order valence-electron chi connectivity index (χ3n) is 7.59. The van der Waals surface area contributed by atoms with Crippen LogP contribution in [0.2, 0.25) is 5.02 Å².